The molecule has 7 heteroatoms. The summed E-state index contributed by atoms with van der Waals surface area (Å²) in [6.45, 7) is 7.21. The van der Waals surface area contributed by atoms with Crippen molar-refractivity contribution >= 4 is 5.91 Å². The molecule has 1 aromatic heterocycles. The van der Waals surface area contributed by atoms with Crippen molar-refractivity contribution in [1.82, 2.24) is 20.1 Å². The van der Waals surface area contributed by atoms with E-state index in [0.717, 1.165) is 58.4 Å². The Morgan fingerprint density at radius 2 is 1.96 bits per heavy atom. The number of hydrogen-bond acceptors (Lipinski definition) is 6. The molecule has 2 N–H and O–H groups in total. The third-order valence-electron chi connectivity index (χ3n) is 5.64. The van der Waals surface area contributed by atoms with Crippen LogP contribution in [0.3, 0.4) is 0 Å². The van der Waals surface area contributed by atoms with Crippen LogP contribution in [0.2, 0.25) is 0 Å². The van der Waals surface area contributed by atoms with Gasteiger partial charge in [-0.25, -0.2) is 4.98 Å². The number of nitrogens with zero attached hydrogens (tertiary/aromatic N) is 3. The second-order valence-electron chi connectivity index (χ2n) is 7.95. The van der Waals surface area contributed by atoms with Crippen molar-refractivity contribution in [2.75, 3.05) is 32.7 Å². The minimum Gasteiger partial charge on any atom is -0.447 e. The number of aromatic nitrogens is 1. The second-order valence-corrected chi connectivity index (χ2v) is 7.95. The van der Waals surface area contributed by atoms with E-state index >= 15 is 0 Å². The molecule has 1 saturated carbocycles. The first kappa shape index (κ1) is 20.3. The highest BCUT2D eigenvalue weighted by molar-refractivity contribution is 5.92. The Morgan fingerprint density at radius 1 is 1.26 bits per heavy atom. The number of amides is 1. The highest BCUT2D eigenvalue weighted by atomic mass is 16.3. The predicted octanol–water partition coefficient (Wildman–Crippen LogP) is 2.02. The molecule has 0 radical (unpaired) electrons. The van der Waals surface area contributed by atoms with Crippen LogP contribution in [0, 0.1) is 0 Å². The zero-order chi connectivity index (χ0) is 19.1. The minimum atomic E-state index is -0.224. The van der Waals surface area contributed by atoms with E-state index in [4.69, 9.17) is 4.42 Å². The van der Waals surface area contributed by atoms with Crippen LogP contribution in [0.25, 0.3) is 0 Å². The van der Waals surface area contributed by atoms with Gasteiger partial charge in [0.2, 0.25) is 5.89 Å². The van der Waals surface area contributed by atoms with Crippen molar-refractivity contribution in [1.29, 1.82) is 0 Å². The van der Waals surface area contributed by atoms with E-state index < -0.39 is 0 Å². The van der Waals surface area contributed by atoms with E-state index in [1.54, 1.807) is 0 Å². The van der Waals surface area contributed by atoms with E-state index in [1.165, 1.54) is 25.5 Å². The van der Waals surface area contributed by atoms with E-state index in [2.05, 4.69) is 27.0 Å². The number of aliphatic hydroxyl groups excluding tert-OH is 1. The van der Waals surface area contributed by atoms with Gasteiger partial charge < -0.3 is 14.8 Å². The molecular formula is C20H34N4O3. The van der Waals surface area contributed by atoms with Gasteiger partial charge in [0.25, 0.3) is 5.91 Å². The summed E-state index contributed by atoms with van der Waals surface area (Å²) in [7, 11) is 0. The summed E-state index contributed by atoms with van der Waals surface area (Å²) in [4.78, 5) is 21.3. The van der Waals surface area contributed by atoms with E-state index in [9.17, 15) is 9.90 Å². The second kappa shape index (κ2) is 10.2. The zero-order valence-electron chi connectivity index (χ0n) is 16.5. The lowest BCUT2D eigenvalue weighted by Gasteiger charge is -2.34. The quantitative estimate of drug-likeness (QED) is 0.720. The van der Waals surface area contributed by atoms with Crippen molar-refractivity contribution in [2.45, 2.75) is 70.6 Å². The first-order valence-corrected chi connectivity index (χ1v) is 10.5. The number of oxazole rings is 1. The minimum absolute atomic E-state index is 0.119. The predicted molar refractivity (Wildman–Crippen MR) is 103 cm³/mol. The first-order valence-electron chi connectivity index (χ1n) is 10.5. The Balaban J connectivity index is 1.41. The Kier molecular flexibility index (Phi) is 7.67. The Hall–Kier alpha value is -1.44. The van der Waals surface area contributed by atoms with Crippen molar-refractivity contribution in [3.63, 3.8) is 0 Å². The smallest absolute Gasteiger partial charge is 0.273 e. The molecule has 3 rings (SSSR count). The molecule has 0 unspecified atom stereocenters. The maximum atomic E-state index is 12.3. The molecule has 0 spiro atoms. The monoisotopic (exact) mass is 378 g/mol. The molecule has 2 aliphatic rings. The summed E-state index contributed by atoms with van der Waals surface area (Å²) in [6.07, 6.45) is 8.91. The van der Waals surface area contributed by atoms with Gasteiger partial charge in [0.05, 0.1) is 12.6 Å². The number of carbonyl (C=O) groups is 1. The largest absolute Gasteiger partial charge is 0.447 e. The Labute approximate surface area is 162 Å². The topological polar surface area (TPSA) is 81.8 Å². The summed E-state index contributed by atoms with van der Waals surface area (Å²) < 4.78 is 5.53. The molecule has 2 fully saturated rings. The molecular weight excluding hydrogens is 344 g/mol. The van der Waals surface area contributed by atoms with Crippen molar-refractivity contribution < 1.29 is 14.3 Å². The van der Waals surface area contributed by atoms with Crippen LogP contribution in [0.1, 0.15) is 68.2 Å². The average molecular weight is 379 g/mol. The third-order valence-corrected chi connectivity index (χ3v) is 5.64. The van der Waals surface area contributed by atoms with Crippen LogP contribution in [0.15, 0.2) is 10.7 Å². The van der Waals surface area contributed by atoms with Crippen LogP contribution < -0.4 is 5.32 Å². The highest BCUT2D eigenvalue weighted by Crippen LogP contribution is 2.18. The fourth-order valence-electron chi connectivity index (χ4n) is 4.04. The summed E-state index contributed by atoms with van der Waals surface area (Å²) in [5, 5.41) is 13.0. The molecule has 2 heterocycles. The molecule has 1 atom stereocenters. The number of nitrogens with one attached hydrogen (secondary N) is 1. The molecule has 27 heavy (non-hydrogen) atoms. The number of hydrogen-bond donors (Lipinski definition) is 2. The molecule has 152 valence electrons. The molecule has 1 aliphatic carbocycles. The molecule has 1 aliphatic heterocycles. The van der Waals surface area contributed by atoms with Crippen LogP contribution >= 0.6 is 0 Å². The van der Waals surface area contributed by atoms with Gasteiger partial charge in [0.15, 0.2) is 5.69 Å². The third kappa shape index (κ3) is 6.30. The fourth-order valence-corrected chi connectivity index (χ4v) is 4.04. The first-order chi connectivity index (χ1) is 13.1. The van der Waals surface area contributed by atoms with E-state index in [-0.39, 0.29) is 18.1 Å². The lowest BCUT2D eigenvalue weighted by molar-refractivity contribution is 0.0634. The van der Waals surface area contributed by atoms with E-state index in [1.807, 2.05) is 0 Å². The Bertz CT molecular complexity index is 578. The normalized spacial score (nSPS) is 21.3. The van der Waals surface area contributed by atoms with Gasteiger partial charge in [-0.3, -0.25) is 14.6 Å². The highest BCUT2D eigenvalue weighted by Gasteiger charge is 2.22. The summed E-state index contributed by atoms with van der Waals surface area (Å²) >= 11 is 0. The lowest BCUT2D eigenvalue weighted by atomic mass is 9.95. The maximum Gasteiger partial charge on any atom is 0.273 e. The molecule has 1 saturated heterocycles. The maximum absolute atomic E-state index is 12.3. The zero-order valence-corrected chi connectivity index (χ0v) is 16.5. The summed E-state index contributed by atoms with van der Waals surface area (Å²) in [5.74, 6) is 0.481. The molecule has 1 amide bonds. The molecule has 1 aromatic rings. The lowest BCUT2D eigenvalue weighted by Crippen LogP contribution is -2.48. The van der Waals surface area contributed by atoms with Gasteiger partial charge >= 0.3 is 0 Å². The van der Waals surface area contributed by atoms with Gasteiger partial charge in [0.1, 0.15) is 6.26 Å². The van der Waals surface area contributed by atoms with Gasteiger partial charge in [-0.2, -0.15) is 0 Å². The number of rotatable bonds is 8. The van der Waals surface area contributed by atoms with Crippen molar-refractivity contribution in [3.05, 3.63) is 17.8 Å². The molecule has 0 aromatic carbocycles. The van der Waals surface area contributed by atoms with Crippen molar-refractivity contribution in [2.24, 2.45) is 0 Å². The van der Waals surface area contributed by atoms with E-state index in [0.29, 0.717) is 18.1 Å². The SMILES string of the molecule is CCC[C@H](O)CN1CCN(Cc2nc(C(=O)NC3CCCCC3)co2)CC1. The van der Waals surface area contributed by atoms with Crippen LogP contribution in [-0.4, -0.2) is 70.7 Å². The van der Waals surface area contributed by atoms with Crippen LogP contribution in [0.4, 0.5) is 0 Å². The van der Waals surface area contributed by atoms with Gasteiger partial charge in [-0.05, 0) is 19.3 Å². The standard InChI is InChI=1S/C20H34N4O3/c1-2-6-17(25)13-23-9-11-24(12-10-23)14-19-22-18(15-27-19)20(26)21-16-7-4-3-5-8-16/h15-17,25H,2-14H2,1H3,(H,21,26)/t17-/m0/s1. The molecule has 0 bridgehead atoms. The van der Waals surface area contributed by atoms with Gasteiger partial charge in [-0.15, -0.1) is 0 Å². The fraction of sp³-hybridized carbons (Fsp3) is 0.800. The number of β-amino-alcohol motifs (C(OH)–C–C–N with tert-alkyl or cyclic N) is 1. The summed E-state index contributed by atoms with van der Waals surface area (Å²) in [6, 6.07) is 0.280. The summed E-state index contributed by atoms with van der Waals surface area (Å²) in [5.41, 5.74) is 0.386. The molecule has 7 nitrogen and oxygen atoms in total. The van der Waals surface area contributed by atoms with Gasteiger partial charge in [0, 0.05) is 38.8 Å². The van der Waals surface area contributed by atoms with Gasteiger partial charge in [-0.1, -0.05) is 32.6 Å². The number of aliphatic hydroxyl groups is 1. The number of piperazine rings is 1. The Morgan fingerprint density at radius 3 is 2.67 bits per heavy atom. The van der Waals surface area contributed by atoms with Crippen molar-refractivity contribution in [3.8, 4) is 0 Å². The number of carbonyl (C=O) groups excluding carboxylic acids is 1. The van der Waals surface area contributed by atoms with Crippen LogP contribution in [0.5, 0.6) is 0 Å². The average Bonchev–Trinajstić information content (AvgIpc) is 3.13. The van der Waals surface area contributed by atoms with Crippen LogP contribution in [-0.2, 0) is 6.54 Å².